The van der Waals surface area contributed by atoms with Gasteiger partial charge >= 0.3 is 0 Å². The topological polar surface area (TPSA) is 62.0 Å². The molecule has 0 aromatic carbocycles. The number of hydrogen-bond acceptors (Lipinski definition) is 2. The van der Waals surface area contributed by atoms with Crippen molar-refractivity contribution in [2.45, 2.75) is 13.0 Å². The number of rotatable bonds is 2. The highest BCUT2D eigenvalue weighted by molar-refractivity contribution is 5.24. The number of nitrogens with two attached hydrogens (primary N) is 1. The van der Waals surface area contributed by atoms with Gasteiger partial charge in [-0.1, -0.05) is 0 Å². The molecule has 56 valence electrons. The summed E-state index contributed by atoms with van der Waals surface area (Å²) in [6.07, 6.45) is 3.68. The van der Waals surface area contributed by atoms with Gasteiger partial charge in [0, 0.05) is 12.4 Å². The third kappa shape index (κ3) is 1.20. The summed E-state index contributed by atoms with van der Waals surface area (Å²) in [4.78, 5) is 2.92. The lowest BCUT2D eigenvalue weighted by atomic mass is 10.1. The number of aryl methyl sites for hydroxylation is 1. The molecule has 0 fully saturated rings. The Morgan fingerprint density at radius 3 is 2.80 bits per heavy atom. The fourth-order valence-corrected chi connectivity index (χ4v) is 0.951. The Labute approximate surface area is 59.9 Å². The normalized spacial score (nSPS) is 13.5. The Morgan fingerprint density at radius 2 is 2.40 bits per heavy atom. The van der Waals surface area contributed by atoms with Crippen molar-refractivity contribution in [2.75, 3.05) is 6.61 Å². The Hall–Kier alpha value is -0.800. The summed E-state index contributed by atoms with van der Waals surface area (Å²) in [5, 5.41) is 8.69. The molecule has 0 bridgehead atoms. The van der Waals surface area contributed by atoms with E-state index in [9.17, 15) is 0 Å². The van der Waals surface area contributed by atoms with Crippen molar-refractivity contribution >= 4 is 0 Å². The summed E-state index contributed by atoms with van der Waals surface area (Å²) in [6.45, 7) is 1.96. The maximum absolute atomic E-state index is 8.69. The molecule has 0 aliphatic rings. The highest BCUT2D eigenvalue weighted by Gasteiger charge is 2.06. The molecule has 1 rings (SSSR count). The van der Waals surface area contributed by atoms with Crippen LogP contribution in [0.3, 0.4) is 0 Å². The zero-order valence-corrected chi connectivity index (χ0v) is 5.96. The van der Waals surface area contributed by atoms with E-state index in [1.165, 1.54) is 0 Å². The molecule has 1 atom stereocenters. The number of aromatic nitrogens is 1. The van der Waals surface area contributed by atoms with Gasteiger partial charge < -0.3 is 15.8 Å². The molecule has 0 unspecified atom stereocenters. The van der Waals surface area contributed by atoms with Crippen molar-refractivity contribution in [1.29, 1.82) is 0 Å². The molecule has 0 aliphatic heterocycles. The predicted octanol–water partition coefficient (Wildman–Crippen LogP) is 0.315. The standard InChI is InChI=1S/C7H12N2O/c1-5-2-9-3-6(5)7(8)4-10/h2-3,7,9-10H,4,8H2,1H3/t7-/m0/s1. The molecule has 10 heavy (non-hydrogen) atoms. The van der Waals surface area contributed by atoms with Gasteiger partial charge in [0.15, 0.2) is 0 Å². The van der Waals surface area contributed by atoms with Crippen molar-refractivity contribution in [3.8, 4) is 0 Å². The molecule has 3 nitrogen and oxygen atoms in total. The number of nitrogens with one attached hydrogen (secondary N) is 1. The predicted molar refractivity (Wildman–Crippen MR) is 39.5 cm³/mol. The van der Waals surface area contributed by atoms with E-state index < -0.39 is 0 Å². The number of aliphatic hydroxyl groups is 1. The molecule has 1 aromatic heterocycles. The van der Waals surface area contributed by atoms with Crippen LogP contribution in [0.25, 0.3) is 0 Å². The van der Waals surface area contributed by atoms with Crippen LogP contribution in [0.2, 0.25) is 0 Å². The summed E-state index contributed by atoms with van der Waals surface area (Å²) < 4.78 is 0. The minimum Gasteiger partial charge on any atom is -0.394 e. The van der Waals surface area contributed by atoms with Gasteiger partial charge in [0.05, 0.1) is 12.6 Å². The molecule has 0 amide bonds. The first kappa shape index (κ1) is 7.31. The van der Waals surface area contributed by atoms with Crippen LogP contribution in [0.4, 0.5) is 0 Å². The van der Waals surface area contributed by atoms with Crippen molar-refractivity contribution in [1.82, 2.24) is 4.98 Å². The second-order valence-electron chi connectivity index (χ2n) is 2.38. The van der Waals surface area contributed by atoms with E-state index in [0.717, 1.165) is 11.1 Å². The van der Waals surface area contributed by atoms with Gasteiger partial charge in [-0.25, -0.2) is 0 Å². The molecule has 1 aromatic rings. The van der Waals surface area contributed by atoms with Gasteiger partial charge in [-0.15, -0.1) is 0 Å². The quantitative estimate of drug-likeness (QED) is 0.553. The van der Waals surface area contributed by atoms with Crippen LogP contribution < -0.4 is 5.73 Å². The van der Waals surface area contributed by atoms with Crippen LogP contribution in [0.15, 0.2) is 12.4 Å². The third-order valence-electron chi connectivity index (χ3n) is 1.59. The Balaban J connectivity index is 2.82. The van der Waals surface area contributed by atoms with Crippen molar-refractivity contribution in [3.63, 3.8) is 0 Å². The first-order chi connectivity index (χ1) is 4.75. The average molecular weight is 140 g/mol. The number of hydrogen-bond donors (Lipinski definition) is 3. The number of H-pyrrole nitrogens is 1. The number of aromatic amines is 1. The second-order valence-corrected chi connectivity index (χ2v) is 2.38. The average Bonchev–Trinajstić information content (AvgIpc) is 2.34. The first-order valence-electron chi connectivity index (χ1n) is 3.25. The van der Waals surface area contributed by atoms with Gasteiger partial charge in [-0.3, -0.25) is 0 Å². The summed E-state index contributed by atoms with van der Waals surface area (Å²) in [6, 6.07) is -0.244. The maximum Gasteiger partial charge on any atom is 0.0625 e. The van der Waals surface area contributed by atoms with E-state index in [1.807, 2.05) is 19.3 Å². The van der Waals surface area contributed by atoms with Crippen LogP contribution >= 0.6 is 0 Å². The molecule has 0 radical (unpaired) electrons. The van der Waals surface area contributed by atoms with Crippen LogP contribution in [-0.2, 0) is 0 Å². The Bertz CT molecular complexity index is 207. The minimum atomic E-state index is -0.244. The molecule has 3 heteroatoms. The lowest BCUT2D eigenvalue weighted by Crippen LogP contribution is -2.14. The lowest BCUT2D eigenvalue weighted by molar-refractivity contribution is 0.267. The minimum absolute atomic E-state index is 0.00130. The van der Waals surface area contributed by atoms with Crippen LogP contribution in [0.5, 0.6) is 0 Å². The van der Waals surface area contributed by atoms with Crippen LogP contribution in [0.1, 0.15) is 17.2 Å². The Morgan fingerprint density at radius 1 is 1.70 bits per heavy atom. The van der Waals surface area contributed by atoms with E-state index in [2.05, 4.69) is 4.98 Å². The van der Waals surface area contributed by atoms with E-state index in [4.69, 9.17) is 10.8 Å². The van der Waals surface area contributed by atoms with Gasteiger partial charge in [-0.05, 0) is 18.1 Å². The van der Waals surface area contributed by atoms with Gasteiger partial charge in [0.2, 0.25) is 0 Å². The first-order valence-corrected chi connectivity index (χ1v) is 3.25. The van der Waals surface area contributed by atoms with Crippen molar-refractivity contribution in [2.24, 2.45) is 5.73 Å². The van der Waals surface area contributed by atoms with E-state index in [-0.39, 0.29) is 12.6 Å². The van der Waals surface area contributed by atoms with Crippen LogP contribution in [0, 0.1) is 6.92 Å². The maximum atomic E-state index is 8.69. The second kappa shape index (κ2) is 2.86. The monoisotopic (exact) mass is 140 g/mol. The molecule has 0 saturated carbocycles. The smallest absolute Gasteiger partial charge is 0.0625 e. The summed E-state index contributed by atoms with van der Waals surface area (Å²) in [5.74, 6) is 0. The van der Waals surface area contributed by atoms with Crippen molar-refractivity contribution < 1.29 is 5.11 Å². The summed E-state index contributed by atoms with van der Waals surface area (Å²) >= 11 is 0. The van der Waals surface area contributed by atoms with Gasteiger partial charge in [-0.2, -0.15) is 0 Å². The van der Waals surface area contributed by atoms with Crippen molar-refractivity contribution in [3.05, 3.63) is 23.5 Å². The van der Waals surface area contributed by atoms with E-state index in [1.54, 1.807) is 0 Å². The fourth-order valence-electron chi connectivity index (χ4n) is 0.951. The summed E-state index contributed by atoms with van der Waals surface area (Å²) in [7, 11) is 0. The Kier molecular flexibility index (Phi) is 2.09. The van der Waals surface area contributed by atoms with Gasteiger partial charge in [0.1, 0.15) is 0 Å². The zero-order valence-electron chi connectivity index (χ0n) is 5.96. The van der Waals surface area contributed by atoms with Crippen LogP contribution in [-0.4, -0.2) is 16.7 Å². The van der Waals surface area contributed by atoms with Gasteiger partial charge in [0.25, 0.3) is 0 Å². The highest BCUT2D eigenvalue weighted by atomic mass is 16.3. The zero-order chi connectivity index (χ0) is 7.56. The highest BCUT2D eigenvalue weighted by Crippen LogP contribution is 2.12. The SMILES string of the molecule is Cc1c[nH]cc1[C@@H](N)CO. The van der Waals surface area contributed by atoms with E-state index >= 15 is 0 Å². The molecule has 0 saturated heterocycles. The lowest BCUT2D eigenvalue weighted by Gasteiger charge is -2.05. The largest absolute Gasteiger partial charge is 0.394 e. The molecular formula is C7H12N2O. The molecule has 0 spiro atoms. The molecule has 0 aliphatic carbocycles. The number of aliphatic hydroxyl groups excluding tert-OH is 1. The molecular weight excluding hydrogens is 128 g/mol. The molecule has 4 N–H and O–H groups in total. The third-order valence-corrected chi connectivity index (χ3v) is 1.59. The fraction of sp³-hybridized carbons (Fsp3) is 0.429. The summed E-state index contributed by atoms with van der Waals surface area (Å²) in [5.41, 5.74) is 7.66. The molecule has 1 heterocycles. The van der Waals surface area contributed by atoms with E-state index in [0.29, 0.717) is 0 Å².